The molecule has 0 unspecified atom stereocenters. The molecular formula is C19H17N5S2. The van der Waals surface area contributed by atoms with Crippen molar-refractivity contribution in [2.75, 3.05) is 6.54 Å². The predicted molar refractivity (Wildman–Crippen MR) is 105 cm³/mol. The molecule has 0 spiro atoms. The van der Waals surface area contributed by atoms with E-state index in [0.717, 1.165) is 42.5 Å². The fraction of sp³-hybridized carbons (Fsp3) is 0.211. The van der Waals surface area contributed by atoms with Gasteiger partial charge in [0.25, 0.3) is 0 Å². The lowest BCUT2D eigenvalue weighted by atomic mass is 10.1. The van der Waals surface area contributed by atoms with Crippen LogP contribution in [0.3, 0.4) is 0 Å². The van der Waals surface area contributed by atoms with Crippen molar-refractivity contribution < 1.29 is 0 Å². The van der Waals surface area contributed by atoms with E-state index in [9.17, 15) is 0 Å². The van der Waals surface area contributed by atoms with Crippen LogP contribution in [-0.4, -0.2) is 31.6 Å². The van der Waals surface area contributed by atoms with Crippen LogP contribution in [-0.2, 0) is 19.5 Å². The van der Waals surface area contributed by atoms with E-state index in [2.05, 4.69) is 49.0 Å². The third-order valence-corrected chi connectivity index (χ3v) is 6.39. The molecule has 0 amide bonds. The summed E-state index contributed by atoms with van der Waals surface area (Å²) >= 11 is 3.42. The maximum absolute atomic E-state index is 4.80. The Balaban J connectivity index is 1.35. The molecule has 1 aliphatic rings. The first-order valence-corrected chi connectivity index (χ1v) is 10.3. The number of aromatic nitrogens is 4. The van der Waals surface area contributed by atoms with E-state index in [-0.39, 0.29) is 0 Å². The number of hydrogen-bond acceptors (Lipinski definition) is 6. The lowest BCUT2D eigenvalue weighted by Gasteiger charge is -2.27. The monoisotopic (exact) mass is 379 g/mol. The quantitative estimate of drug-likeness (QED) is 0.577. The number of aromatic amines is 1. The Morgan fingerprint density at radius 2 is 1.92 bits per heavy atom. The van der Waals surface area contributed by atoms with E-state index >= 15 is 0 Å². The van der Waals surface area contributed by atoms with Crippen molar-refractivity contribution >= 4 is 22.7 Å². The van der Waals surface area contributed by atoms with Crippen molar-refractivity contribution in [1.29, 1.82) is 0 Å². The first-order valence-electron chi connectivity index (χ1n) is 8.54. The molecule has 1 aliphatic heterocycles. The summed E-state index contributed by atoms with van der Waals surface area (Å²) in [5, 5.41) is 11.6. The summed E-state index contributed by atoms with van der Waals surface area (Å²) in [6.07, 6.45) is 4.91. The van der Waals surface area contributed by atoms with E-state index in [1.807, 2.05) is 18.5 Å². The van der Waals surface area contributed by atoms with Gasteiger partial charge in [0.1, 0.15) is 0 Å². The van der Waals surface area contributed by atoms with Crippen LogP contribution < -0.4 is 0 Å². The molecule has 4 aromatic rings. The van der Waals surface area contributed by atoms with Crippen LogP contribution in [0.2, 0.25) is 0 Å². The minimum Gasteiger partial charge on any atom is -0.294 e. The number of fused-ring (bicyclic) bond motifs is 1. The Morgan fingerprint density at radius 1 is 1.08 bits per heavy atom. The van der Waals surface area contributed by atoms with Crippen molar-refractivity contribution in [3.63, 3.8) is 0 Å². The van der Waals surface area contributed by atoms with Gasteiger partial charge in [-0.25, -0.2) is 9.97 Å². The average Bonchev–Trinajstić information content (AvgIpc) is 3.42. The molecule has 0 atom stereocenters. The van der Waals surface area contributed by atoms with Crippen molar-refractivity contribution in [2.45, 2.75) is 19.5 Å². The van der Waals surface area contributed by atoms with Gasteiger partial charge in [0.2, 0.25) is 0 Å². The molecule has 26 heavy (non-hydrogen) atoms. The molecule has 0 bridgehead atoms. The van der Waals surface area contributed by atoms with E-state index in [0.29, 0.717) is 0 Å². The fourth-order valence-corrected chi connectivity index (χ4v) is 4.76. The first-order chi connectivity index (χ1) is 12.9. The zero-order chi connectivity index (χ0) is 17.3. The van der Waals surface area contributed by atoms with Crippen molar-refractivity contribution in [1.82, 2.24) is 25.1 Å². The summed E-state index contributed by atoms with van der Waals surface area (Å²) in [4.78, 5) is 14.2. The van der Waals surface area contributed by atoms with Gasteiger partial charge >= 0.3 is 0 Å². The van der Waals surface area contributed by atoms with Crippen LogP contribution >= 0.6 is 22.7 Å². The SMILES string of the molecule is c1csc(-c2ncc3c(n2)CCN(Cc2cn[nH]c2-c2cccs2)C3)c1. The molecule has 0 radical (unpaired) electrons. The van der Waals surface area contributed by atoms with Gasteiger partial charge in [-0.2, -0.15) is 5.10 Å². The topological polar surface area (TPSA) is 57.7 Å². The molecular weight excluding hydrogens is 362 g/mol. The minimum absolute atomic E-state index is 0.849. The Kier molecular flexibility index (Phi) is 4.12. The maximum atomic E-state index is 4.80. The standard InChI is InChI=1S/C19H17N5S2/c1-3-16(25-7-1)18-14(10-21-23-18)12-24-6-5-15-13(11-24)9-20-19(22-15)17-4-2-8-26-17/h1-4,7-10H,5-6,11-12H2,(H,21,23). The third kappa shape index (κ3) is 2.98. The van der Waals surface area contributed by atoms with Crippen molar-refractivity contribution in [3.8, 4) is 21.3 Å². The summed E-state index contributed by atoms with van der Waals surface area (Å²) in [5.41, 5.74) is 4.80. The van der Waals surface area contributed by atoms with Crippen LogP contribution in [0.15, 0.2) is 47.4 Å². The second-order valence-corrected chi connectivity index (χ2v) is 8.25. The summed E-state index contributed by atoms with van der Waals surface area (Å²) in [6.45, 7) is 2.77. The van der Waals surface area contributed by atoms with Gasteiger partial charge in [0, 0.05) is 43.4 Å². The highest BCUT2D eigenvalue weighted by Gasteiger charge is 2.21. The third-order valence-electron chi connectivity index (χ3n) is 4.63. The second kappa shape index (κ2) is 6.75. The summed E-state index contributed by atoms with van der Waals surface area (Å²) in [6, 6.07) is 8.32. The van der Waals surface area contributed by atoms with Gasteiger partial charge in [-0.1, -0.05) is 12.1 Å². The minimum atomic E-state index is 0.849. The molecule has 5 rings (SSSR count). The number of nitrogens with zero attached hydrogens (tertiary/aromatic N) is 4. The van der Waals surface area contributed by atoms with Gasteiger partial charge < -0.3 is 0 Å². The molecule has 1 N–H and O–H groups in total. The first kappa shape index (κ1) is 15.9. The molecule has 0 aromatic carbocycles. The number of nitrogens with one attached hydrogen (secondary N) is 1. The Morgan fingerprint density at radius 3 is 2.73 bits per heavy atom. The molecule has 5 heterocycles. The summed E-state index contributed by atoms with van der Waals surface area (Å²) in [5.74, 6) is 0.849. The molecule has 0 saturated heterocycles. The van der Waals surface area contributed by atoms with Crippen LogP contribution in [0.1, 0.15) is 16.8 Å². The zero-order valence-electron chi connectivity index (χ0n) is 14.1. The zero-order valence-corrected chi connectivity index (χ0v) is 15.7. The Bertz CT molecular complexity index is 1000. The highest BCUT2D eigenvalue weighted by atomic mass is 32.1. The number of thiophene rings is 2. The van der Waals surface area contributed by atoms with Crippen molar-refractivity contribution in [2.24, 2.45) is 0 Å². The number of H-pyrrole nitrogens is 1. The average molecular weight is 380 g/mol. The lowest BCUT2D eigenvalue weighted by molar-refractivity contribution is 0.243. The maximum Gasteiger partial charge on any atom is 0.169 e. The molecule has 0 aliphatic carbocycles. The molecule has 130 valence electrons. The number of hydrogen-bond donors (Lipinski definition) is 1. The Hall–Kier alpha value is -2.35. The van der Waals surface area contributed by atoms with Crippen LogP contribution in [0.5, 0.6) is 0 Å². The van der Waals surface area contributed by atoms with E-state index in [1.165, 1.54) is 21.7 Å². The highest BCUT2D eigenvalue weighted by molar-refractivity contribution is 7.13. The molecule has 7 heteroatoms. The van der Waals surface area contributed by atoms with Crippen LogP contribution in [0, 0.1) is 0 Å². The second-order valence-electron chi connectivity index (χ2n) is 6.35. The summed E-state index contributed by atoms with van der Waals surface area (Å²) in [7, 11) is 0. The normalized spacial score (nSPS) is 14.5. The van der Waals surface area contributed by atoms with Crippen molar-refractivity contribution in [3.05, 3.63) is 64.2 Å². The number of rotatable bonds is 4. The smallest absolute Gasteiger partial charge is 0.169 e. The molecule has 0 fully saturated rings. The lowest BCUT2D eigenvalue weighted by Crippen LogP contribution is -2.31. The van der Waals surface area contributed by atoms with Gasteiger partial charge in [-0.3, -0.25) is 10.00 Å². The van der Waals surface area contributed by atoms with Gasteiger partial charge in [-0.15, -0.1) is 22.7 Å². The predicted octanol–water partition coefficient (Wildman–Crippen LogP) is 4.22. The highest BCUT2D eigenvalue weighted by Crippen LogP contribution is 2.28. The van der Waals surface area contributed by atoms with E-state index in [4.69, 9.17) is 4.98 Å². The largest absolute Gasteiger partial charge is 0.294 e. The molecule has 5 nitrogen and oxygen atoms in total. The van der Waals surface area contributed by atoms with Gasteiger partial charge in [0.05, 0.1) is 27.3 Å². The van der Waals surface area contributed by atoms with Gasteiger partial charge in [-0.05, 0) is 22.9 Å². The fourth-order valence-electron chi connectivity index (χ4n) is 3.34. The summed E-state index contributed by atoms with van der Waals surface area (Å²) < 4.78 is 0. The van der Waals surface area contributed by atoms with Crippen LogP contribution in [0.4, 0.5) is 0 Å². The Labute approximate surface area is 159 Å². The molecule has 0 saturated carbocycles. The van der Waals surface area contributed by atoms with E-state index < -0.39 is 0 Å². The van der Waals surface area contributed by atoms with Crippen LogP contribution in [0.25, 0.3) is 21.3 Å². The molecule has 4 aromatic heterocycles. The van der Waals surface area contributed by atoms with E-state index in [1.54, 1.807) is 22.7 Å². The van der Waals surface area contributed by atoms with Gasteiger partial charge in [0.15, 0.2) is 5.82 Å².